The summed E-state index contributed by atoms with van der Waals surface area (Å²) in [5.41, 5.74) is 1.17. The van der Waals surface area contributed by atoms with Gasteiger partial charge in [0.05, 0.1) is 14.2 Å². The van der Waals surface area contributed by atoms with Crippen molar-refractivity contribution in [1.29, 1.82) is 0 Å². The van der Waals surface area contributed by atoms with E-state index in [0.717, 1.165) is 44.0 Å². The van der Waals surface area contributed by atoms with Crippen LogP contribution < -0.4 is 14.8 Å². The second kappa shape index (κ2) is 6.79. The minimum absolute atomic E-state index is 0.243. The van der Waals surface area contributed by atoms with Gasteiger partial charge in [0.15, 0.2) is 0 Å². The summed E-state index contributed by atoms with van der Waals surface area (Å²) < 4.78 is 10.6. The Morgan fingerprint density at radius 3 is 2.48 bits per heavy atom. The third-order valence-corrected chi connectivity index (χ3v) is 4.88. The summed E-state index contributed by atoms with van der Waals surface area (Å²) in [7, 11) is 3.33. The quantitative estimate of drug-likeness (QED) is 0.872. The number of carbonyl (C=O) groups is 1. The smallest absolute Gasteiger partial charge is 0.223 e. The van der Waals surface area contributed by atoms with Crippen LogP contribution in [0.5, 0.6) is 11.5 Å². The fraction of sp³-hybridized carbons (Fsp3) is 0.611. The van der Waals surface area contributed by atoms with E-state index in [2.05, 4.69) is 17.1 Å². The highest BCUT2D eigenvalue weighted by atomic mass is 16.5. The maximum Gasteiger partial charge on any atom is 0.223 e. The van der Waals surface area contributed by atoms with Gasteiger partial charge in [0.2, 0.25) is 5.91 Å². The lowest BCUT2D eigenvalue weighted by Gasteiger charge is -2.18. The predicted molar refractivity (Wildman–Crippen MR) is 88.6 cm³/mol. The normalized spacial score (nSPS) is 26.8. The Morgan fingerprint density at radius 1 is 1.26 bits per heavy atom. The van der Waals surface area contributed by atoms with E-state index in [4.69, 9.17) is 9.47 Å². The van der Waals surface area contributed by atoms with Crippen LogP contribution in [0.3, 0.4) is 0 Å². The number of ether oxygens (including phenoxy) is 2. The van der Waals surface area contributed by atoms with Gasteiger partial charge in [-0.3, -0.25) is 9.69 Å². The van der Waals surface area contributed by atoms with Gasteiger partial charge in [-0.05, 0) is 36.5 Å². The van der Waals surface area contributed by atoms with Crippen molar-refractivity contribution in [1.82, 2.24) is 10.2 Å². The molecule has 1 aromatic carbocycles. The van der Waals surface area contributed by atoms with Crippen LogP contribution in [0, 0.1) is 11.8 Å². The van der Waals surface area contributed by atoms with Gasteiger partial charge >= 0.3 is 0 Å². The average molecular weight is 318 g/mol. The lowest BCUT2D eigenvalue weighted by Crippen LogP contribution is -2.38. The number of amides is 1. The van der Waals surface area contributed by atoms with Gasteiger partial charge in [-0.15, -0.1) is 0 Å². The van der Waals surface area contributed by atoms with Crippen molar-refractivity contribution >= 4 is 5.91 Å². The van der Waals surface area contributed by atoms with Crippen molar-refractivity contribution in [2.45, 2.75) is 32.4 Å². The molecule has 1 aliphatic carbocycles. The molecule has 2 aliphatic rings. The molecule has 5 heteroatoms. The molecule has 0 bridgehead atoms. The first kappa shape index (κ1) is 16.1. The molecule has 1 saturated heterocycles. The van der Waals surface area contributed by atoms with Crippen LogP contribution in [0.1, 0.15) is 25.3 Å². The topological polar surface area (TPSA) is 50.8 Å². The summed E-state index contributed by atoms with van der Waals surface area (Å²) in [6.07, 6.45) is 2.07. The molecule has 126 valence electrons. The predicted octanol–water partition coefficient (Wildman–Crippen LogP) is 2.05. The molecule has 3 atom stereocenters. The lowest BCUT2D eigenvalue weighted by molar-refractivity contribution is -0.123. The van der Waals surface area contributed by atoms with Gasteiger partial charge in [0.25, 0.3) is 0 Å². The summed E-state index contributed by atoms with van der Waals surface area (Å²) >= 11 is 0. The number of likely N-dealkylation sites (tertiary alicyclic amines) is 1. The maximum atomic E-state index is 12.0. The van der Waals surface area contributed by atoms with Crippen LogP contribution in [0.25, 0.3) is 0 Å². The molecule has 0 spiro atoms. The van der Waals surface area contributed by atoms with E-state index in [1.165, 1.54) is 5.56 Å². The number of hydrogen-bond donors (Lipinski definition) is 1. The molecule has 23 heavy (non-hydrogen) atoms. The first-order valence-corrected chi connectivity index (χ1v) is 8.33. The molecule has 3 rings (SSSR count). The number of hydrogen-bond acceptors (Lipinski definition) is 4. The van der Waals surface area contributed by atoms with Crippen molar-refractivity contribution in [3.63, 3.8) is 0 Å². The zero-order chi connectivity index (χ0) is 16.4. The molecule has 1 N–H and O–H groups in total. The third kappa shape index (κ3) is 3.96. The number of benzene rings is 1. The zero-order valence-corrected chi connectivity index (χ0v) is 14.2. The van der Waals surface area contributed by atoms with Crippen LogP contribution in [-0.4, -0.2) is 44.2 Å². The highest BCUT2D eigenvalue weighted by molar-refractivity contribution is 5.81. The standard InChI is InChI=1S/C18H26N2O3/c1-12-6-17(12)18(21)19-14-4-5-20(11-14)10-13-7-15(22-2)9-16(8-13)23-3/h7-9,12,14,17H,4-6,10-11H2,1-3H3,(H,19,21). The summed E-state index contributed by atoms with van der Waals surface area (Å²) in [6.45, 7) is 4.90. The third-order valence-electron chi connectivity index (χ3n) is 4.88. The number of carbonyl (C=O) groups excluding carboxylic acids is 1. The van der Waals surface area contributed by atoms with E-state index >= 15 is 0 Å². The summed E-state index contributed by atoms with van der Waals surface area (Å²) in [5.74, 6) is 2.69. The molecule has 2 fully saturated rings. The average Bonchev–Trinajstić information content (AvgIpc) is 3.13. The van der Waals surface area contributed by atoms with Crippen LogP contribution in [0.4, 0.5) is 0 Å². The second-order valence-electron chi connectivity index (χ2n) is 6.77. The van der Waals surface area contributed by atoms with E-state index in [9.17, 15) is 4.79 Å². The zero-order valence-electron chi connectivity index (χ0n) is 14.2. The van der Waals surface area contributed by atoms with Crippen LogP contribution in [-0.2, 0) is 11.3 Å². The lowest BCUT2D eigenvalue weighted by atomic mass is 10.2. The molecule has 1 aliphatic heterocycles. The Labute approximate surface area is 137 Å². The Hall–Kier alpha value is -1.75. The molecule has 1 amide bonds. The first-order chi connectivity index (χ1) is 11.1. The minimum Gasteiger partial charge on any atom is -0.497 e. The highest BCUT2D eigenvalue weighted by Gasteiger charge is 2.40. The fourth-order valence-corrected chi connectivity index (χ4v) is 3.31. The maximum absolute atomic E-state index is 12.0. The van der Waals surface area contributed by atoms with Gasteiger partial charge < -0.3 is 14.8 Å². The Bertz CT molecular complexity index is 553. The van der Waals surface area contributed by atoms with Gasteiger partial charge in [0.1, 0.15) is 11.5 Å². The van der Waals surface area contributed by atoms with Gasteiger partial charge in [-0.1, -0.05) is 6.92 Å². The molecule has 1 heterocycles. The van der Waals surface area contributed by atoms with E-state index in [1.54, 1.807) is 14.2 Å². The molecule has 5 nitrogen and oxygen atoms in total. The van der Waals surface area contributed by atoms with Gasteiger partial charge in [-0.2, -0.15) is 0 Å². The molecular formula is C18H26N2O3. The van der Waals surface area contributed by atoms with E-state index in [-0.39, 0.29) is 17.9 Å². The van der Waals surface area contributed by atoms with Crippen molar-refractivity contribution < 1.29 is 14.3 Å². The molecular weight excluding hydrogens is 292 g/mol. The molecule has 0 aromatic heterocycles. The van der Waals surface area contributed by atoms with Crippen LogP contribution >= 0.6 is 0 Å². The SMILES string of the molecule is COc1cc(CN2CCC(NC(=O)C3CC3C)C2)cc(OC)c1. The number of rotatable bonds is 6. The Morgan fingerprint density at radius 2 is 1.91 bits per heavy atom. The number of nitrogens with one attached hydrogen (secondary N) is 1. The summed E-state index contributed by atoms with van der Waals surface area (Å²) in [5, 5.41) is 3.20. The molecule has 3 unspecified atom stereocenters. The van der Waals surface area contributed by atoms with Gasteiger partial charge in [0, 0.05) is 37.7 Å². The van der Waals surface area contributed by atoms with Crippen LogP contribution in [0.2, 0.25) is 0 Å². The molecule has 1 saturated carbocycles. The summed E-state index contributed by atoms with van der Waals surface area (Å²) in [6, 6.07) is 6.25. The van der Waals surface area contributed by atoms with Crippen molar-refractivity contribution in [2.24, 2.45) is 11.8 Å². The van der Waals surface area contributed by atoms with E-state index in [1.807, 2.05) is 18.2 Å². The van der Waals surface area contributed by atoms with Crippen LogP contribution in [0.15, 0.2) is 18.2 Å². The molecule has 0 radical (unpaired) electrons. The van der Waals surface area contributed by atoms with Crippen molar-refractivity contribution in [3.05, 3.63) is 23.8 Å². The number of nitrogens with zero attached hydrogens (tertiary/aromatic N) is 1. The Kier molecular flexibility index (Phi) is 4.76. The van der Waals surface area contributed by atoms with Crippen molar-refractivity contribution in [3.8, 4) is 11.5 Å². The fourth-order valence-electron chi connectivity index (χ4n) is 3.31. The first-order valence-electron chi connectivity index (χ1n) is 8.33. The van der Waals surface area contributed by atoms with Gasteiger partial charge in [-0.25, -0.2) is 0 Å². The largest absolute Gasteiger partial charge is 0.497 e. The van der Waals surface area contributed by atoms with E-state index in [0.29, 0.717) is 5.92 Å². The second-order valence-corrected chi connectivity index (χ2v) is 6.77. The highest BCUT2D eigenvalue weighted by Crippen LogP contribution is 2.37. The number of methoxy groups -OCH3 is 2. The minimum atomic E-state index is 0.243. The monoisotopic (exact) mass is 318 g/mol. The Balaban J connectivity index is 1.54. The van der Waals surface area contributed by atoms with E-state index < -0.39 is 0 Å². The summed E-state index contributed by atoms with van der Waals surface area (Å²) in [4.78, 5) is 14.4. The molecule has 1 aromatic rings. The van der Waals surface area contributed by atoms with Crippen molar-refractivity contribution in [2.75, 3.05) is 27.3 Å².